The first-order valence-corrected chi connectivity index (χ1v) is 8.83. The Labute approximate surface area is 129 Å². The van der Waals surface area contributed by atoms with Crippen molar-refractivity contribution < 1.29 is 18.0 Å². The van der Waals surface area contributed by atoms with E-state index in [9.17, 15) is 8.42 Å². The van der Waals surface area contributed by atoms with Crippen LogP contribution in [-0.2, 0) is 20.4 Å². The number of alkyl halides is 1. The maximum absolute atomic E-state index is 12.3. The Balaban J connectivity index is 2.08. The fraction of sp³-hybridized carbons (Fsp3) is 0.500. The van der Waals surface area contributed by atoms with Crippen molar-refractivity contribution in [3.05, 3.63) is 29.8 Å². The SMILES string of the molecule is CCOc1ccc(CS(=O)(=O)C2=NOC(C)(CCl)C2)cc1. The van der Waals surface area contributed by atoms with Gasteiger partial charge in [-0.2, -0.15) is 0 Å². The van der Waals surface area contributed by atoms with Crippen LogP contribution in [0.4, 0.5) is 0 Å². The normalized spacial score (nSPS) is 21.8. The molecule has 0 bridgehead atoms. The number of halogens is 1. The summed E-state index contributed by atoms with van der Waals surface area (Å²) >= 11 is 5.76. The van der Waals surface area contributed by atoms with Gasteiger partial charge in [-0.1, -0.05) is 17.3 Å². The fourth-order valence-corrected chi connectivity index (χ4v) is 3.55. The summed E-state index contributed by atoms with van der Waals surface area (Å²) in [5.41, 5.74) is -0.0522. The predicted molar refractivity (Wildman–Crippen MR) is 82.5 cm³/mol. The van der Waals surface area contributed by atoms with Gasteiger partial charge in [-0.15, -0.1) is 11.6 Å². The summed E-state index contributed by atoms with van der Waals surface area (Å²) in [4.78, 5) is 5.13. The van der Waals surface area contributed by atoms with Gasteiger partial charge in [-0.3, -0.25) is 0 Å². The smallest absolute Gasteiger partial charge is 0.199 e. The Bertz CT molecular complexity index is 627. The first-order valence-electron chi connectivity index (χ1n) is 6.64. The molecule has 0 fully saturated rings. The van der Waals surface area contributed by atoms with Gasteiger partial charge in [0, 0.05) is 6.42 Å². The largest absolute Gasteiger partial charge is 0.494 e. The number of ether oxygens (including phenoxy) is 1. The molecule has 5 nitrogen and oxygen atoms in total. The Morgan fingerprint density at radius 1 is 1.38 bits per heavy atom. The van der Waals surface area contributed by atoms with Crippen LogP contribution in [0.15, 0.2) is 29.4 Å². The molecule has 0 saturated heterocycles. The lowest BCUT2D eigenvalue weighted by Crippen LogP contribution is -2.28. The third-order valence-electron chi connectivity index (χ3n) is 3.13. The topological polar surface area (TPSA) is 65.0 Å². The maximum Gasteiger partial charge on any atom is 0.199 e. The number of oxime groups is 1. The molecule has 1 aromatic rings. The summed E-state index contributed by atoms with van der Waals surface area (Å²) < 4.78 is 30.0. The molecule has 1 aromatic carbocycles. The molecule has 0 amide bonds. The molecule has 1 unspecified atom stereocenters. The van der Waals surface area contributed by atoms with Gasteiger partial charge in [-0.25, -0.2) is 8.42 Å². The molecule has 0 radical (unpaired) electrons. The zero-order valence-corrected chi connectivity index (χ0v) is 13.6. The highest BCUT2D eigenvalue weighted by Crippen LogP contribution is 2.28. The number of rotatable bonds is 5. The number of benzene rings is 1. The number of hydrogen-bond donors (Lipinski definition) is 0. The molecule has 0 aromatic heterocycles. The lowest BCUT2D eigenvalue weighted by molar-refractivity contribution is 0.0152. The Morgan fingerprint density at radius 2 is 2.05 bits per heavy atom. The van der Waals surface area contributed by atoms with Crippen LogP contribution in [0.5, 0.6) is 5.75 Å². The van der Waals surface area contributed by atoms with E-state index in [-0.39, 0.29) is 23.1 Å². The maximum atomic E-state index is 12.3. The molecule has 0 saturated carbocycles. The van der Waals surface area contributed by atoms with E-state index in [2.05, 4.69) is 5.16 Å². The second kappa shape index (κ2) is 6.23. The molecule has 0 aliphatic carbocycles. The molecular formula is C14H18ClNO4S. The molecule has 116 valence electrons. The van der Waals surface area contributed by atoms with E-state index >= 15 is 0 Å². The van der Waals surface area contributed by atoms with E-state index in [1.807, 2.05) is 6.92 Å². The van der Waals surface area contributed by atoms with Crippen molar-refractivity contribution in [1.82, 2.24) is 0 Å². The minimum Gasteiger partial charge on any atom is -0.494 e. The highest BCUT2D eigenvalue weighted by atomic mass is 35.5. The second-order valence-corrected chi connectivity index (χ2v) is 7.43. The molecule has 0 spiro atoms. The van der Waals surface area contributed by atoms with Crippen molar-refractivity contribution in [1.29, 1.82) is 0 Å². The quantitative estimate of drug-likeness (QED) is 0.778. The summed E-state index contributed by atoms with van der Waals surface area (Å²) in [5.74, 6) is 0.799. The van der Waals surface area contributed by atoms with Gasteiger partial charge >= 0.3 is 0 Å². The van der Waals surface area contributed by atoms with Crippen molar-refractivity contribution in [2.45, 2.75) is 31.6 Å². The lowest BCUT2D eigenvalue weighted by atomic mass is 10.1. The van der Waals surface area contributed by atoms with E-state index in [1.54, 1.807) is 31.2 Å². The van der Waals surface area contributed by atoms with Gasteiger partial charge in [0.25, 0.3) is 0 Å². The average Bonchev–Trinajstić information content (AvgIpc) is 2.85. The van der Waals surface area contributed by atoms with E-state index in [0.717, 1.165) is 5.75 Å². The van der Waals surface area contributed by atoms with E-state index in [1.165, 1.54) is 0 Å². The molecular weight excluding hydrogens is 314 g/mol. The zero-order chi connectivity index (χ0) is 15.5. The zero-order valence-electron chi connectivity index (χ0n) is 12.0. The highest BCUT2D eigenvalue weighted by Gasteiger charge is 2.38. The third-order valence-corrected chi connectivity index (χ3v) is 5.34. The van der Waals surface area contributed by atoms with Crippen molar-refractivity contribution in [3.8, 4) is 5.75 Å². The molecule has 21 heavy (non-hydrogen) atoms. The second-order valence-electron chi connectivity index (χ2n) is 5.17. The van der Waals surface area contributed by atoms with Crippen LogP contribution >= 0.6 is 11.6 Å². The van der Waals surface area contributed by atoms with Gasteiger partial charge in [0.2, 0.25) is 0 Å². The first kappa shape index (κ1) is 16.1. The molecule has 1 aliphatic rings. The minimum absolute atomic E-state index is 0.0551. The summed E-state index contributed by atoms with van der Waals surface area (Å²) in [6.45, 7) is 4.20. The average molecular weight is 332 g/mol. The number of sulfone groups is 1. The van der Waals surface area contributed by atoms with Crippen LogP contribution in [0.1, 0.15) is 25.8 Å². The van der Waals surface area contributed by atoms with Crippen molar-refractivity contribution in [2.75, 3.05) is 12.5 Å². The van der Waals surface area contributed by atoms with Crippen LogP contribution in [0.3, 0.4) is 0 Å². The fourth-order valence-electron chi connectivity index (χ4n) is 1.94. The molecule has 1 heterocycles. The molecule has 1 aliphatic heterocycles. The summed E-state index contributed by atoms with van der Waals surface area (Å²) in [6.07, 6.45) is 0.204. The van der Waals surface area contributed by atoms with E-state index in [0.29, 0.717) is 12.2 Å². The standard InChI is InChI=1S/C14H18ClNO4S/c1-3-19-12-6-4-11(5-7-12)9-21(17,18)13-8-14(2,10-15)20-16-13/h4-7H,3,8-10H2,1-2H3. The van der Waals surface area contributed by atoms with Gasteiger partial charge in [0.1, 0.15) is 5.75 Å². The van der Waals surface area contributed by atoms with Gasteiger partial charge in [0.05, 0.1) is 18.2 Å². The highest BCUT2D eigenvalue weighted by molar-refractivity contribution is 8.05. The summed E-state index contributed by atoms with van der Waals surface area (Å²) in [5, 5.41) is 3.75. The summed E-state index contributed by atoms with van der Waals surface area (Å²) in [7, 11) is -3.49. The molecule has 0 N–H and O–H groups in total. The predicted octanol–water partition coefficient (Wildman–Crippen LogP) is 2.73. The van der Waals surface area contributed by atoms with Gasteiger partial charge < -0.3 is 9.57 Å². The van der Waals surface area contributed by atoms with Crippen molar-refractivity contribution >= 4 is 26.5 Å². The third kappa shape index (κ3) is 3.89. The van der Waals surface area contributed by atoms with Crippen LogP contribution < -0.4 is 4.74 Å². The Morgan fingerprint density at radius 3 is 2.57 bits per heavy atom. The lowest BCUT2D eigenvalue weighted by Gasteiger charge is -2.16. The van der Waals surface area contributed by atoms with Crippen LogP contribution in [0, 0.1) is 0 Å². The van der Waals surface area contributed by atoms with Crippen molar-refractivity contribution in [2.24, 2.45) is 5.16 Å². The Kier molecular flexibility index (Phi) is 4.78. The number of nitrogens with zero attached hydrogens (tertiary/aromatic N) is 1. The van der Waals surface area contributed by atoms with Crippen molar-refractivity contribution in [3.63, 3.8) is 0 Å². The van der Waals surface area contributed by atoms with Gasteiger partial charge in [0.15, 0.2) is 20.5 Å². The first-order chi connectivity index (χ1) is 9.88. The van der Waals surface area contributed by atoms with Crippen LogP contribution in [-0.4, -0.2) is 31.5 Å². The van der Waals surface area contributed by atoms with E-state index < -0.39 is 15.4 Å². The van der Waals surface area contributed by atoms with Crippen LogP contribution in [0.25, 0.3) is 0 Å². The molecule has 1 atom stereocenters. The molecule has 2 rings (SSSR count). The molecule has 7 heteroatoms. The minimum atomic E-state index is -3.49. The van der Waals surface area contributed by atoms with Gasteiger partial charge in [-0.05, 0) is 31.5 Å². The number of hydrogen-bond acceptors (Lipinski definition) is 5. The Hall–Kier alpha value is -1.27. The van der Waals surface area contributed by atoms with E-state index in [4.69, 9.17) is 21.2 Å². The monoisotopic (exact) mass is 331 g/mol. The van der Waals surface area contributed by atoms with Crippen LogP contribution in [0.2, 0.25) is 0 Å². The summed E-state index contributed by atoms with van der Waals surface area (Å²) in [6, 6.07) is 6.98.